The minimum atomic E-state index is -0.477. The lowest BCUT2D eigenvalue weighted by Crippen LogP contribution is -2.44. The van der Waals surface area contributed by atoms with Crippen LogP contribution >= 0.6 is 11.3 Å². The van der Waals surface area contributed by atoms with E-state index in [4.69, 9.17) is 11.0 Å². The smallest absolute Gasteiger partial charge is 0.236 e. The Morgan fingerprint density at radius 1 is 1.78 bits per heavy atom. The Morgan fingerprint density at radius 3 is 3.22 bits per heavy atom. The molecule has 1 fully saturated rings. The SMILES string of the molecule is CC(N)C(=O)NC1CCN(c2ccsc2C#N)C1. The number of amides is 1. The Balaban J connectivity index is 1.97. The third kappa shape index (κ3) is 2.63. The van der Waals surface area contributed by atoms with Crippen LogP contribution in [0.3, 0.4) is 0 Å². The lowest BCUT2D eigenvalue weighted by Gasteiger charge is -2.18. The van der Waals surface area contributed by atoms with Crippen LogP contribution in [0.2, 0.25) is 0 Å². The molecule has 2 rings (SSSR count). The first-order chi connectivity index (χ1) is 8.61. The van der Waals surface area contributed by atoms with Crippen molar-refractivity contribution in [1.29, 1.82) is 5.26 Å². The summed E-state index contributed by atoms with van der Waals surface area (Å²) in [5, 5.41) is 13.8. The summed E-state index contributed by atoms with van der Waals surface area (Å²) in [4.78, 5) is 14.4. The van der Waals surface area contributed by atoms with Crippen LogP contribution in [0.4, 0.5) is 5.69 Å². The van der Waals surface area contributed by atoms with Gasteiger partial charge in [0.15, 0.2) is 0 Å². The van der Waals surface area contributed by atoms with Crippen molar-refractivity contribution in [3.63, 3.8) is 0 Å². The van der Waals surface area contributed by atoms with Crippen LogP contribution in [0.1, 0.15) is 18.2 Å². The summed E-state index contributed by atoms with van der Waals surface area (Å²) in [7, 11) is 0. The van der Waals surface area contributed by atoms with Gasteiger partial charge in [-0.25, -0.2) is 0 Å². The molecule has 1 aliphatic heterocycles. The number of nitrogens with zero attached hydrogens (tertiary/aromatic N) is 2. The van der Waals surface area contributed by atoms with Crippen LogP contribution in [0.25, 0.3) is 0 Å². The molecule has 0 bridgehead atoms. The summed E-state index contributed by atoms with van der Waals surface area (Å²) in [6.45, 7) is 3.27. The summed E-state index contributed by atoms with van der Waals surface area (Å²) in [6, 6.07) is 3.80. The van der Waals surface area contributed by atoms with Gasteiger partial charge < -0.3 is 16.0 Å². The van der Waals surface area contributed by atoms with Crippen molar-refractivity contribution in [1.82, 2.24) is 5.32 Å². The highest BCUT2D eigenvalue weighted by atomic mass is 32.1. The van der Waals surface area contributed by atoms with Gasteiger partial charge in [0.1, 0.15) is 10.9 Å². The first kappa shape index (κ1) is 12.9. The average Bonchev–Trinajstić information content (AvgIpc) is 2.95. The molecule has 0 saturated carbocycles. The molecule has 2 unspecified atom stereocenters. The van der Waals surface area contributed by atoms with Crippen LogP contribution in [0, 0.1) is 11.3 Å². The summed E-state index contributed by atoms with van der Waals surface area (Å²) in [5.74, 6) is -0.118. The molecule has 0 spiro atoms. The number of nitriles is 1. The fourth-order valence-corrected chi connectivity index (χ4v) is 2.77. The summed E-state index contributed by atoms with van der Waals surface area (Å²) in [6.07, 6.45) is 0.888. The number of carbonyl (C=O) groups excluding carboxylic acids is 1. The molecule has 2 heterocycles. The molecule has 1 aromatic rings. The molecule has 0 aromatic carbocycles. The van der Waals surface area contributed by atoms with Gasteiger partial charge in [-0.05, 0) is 24.8 Å². The zero-order chi connectivity index (χ0) is 13.1. The van der Waals surface area contributed by atoms with E-state index in [0.29, 0.717) is 0 Å². The quantitative estimate of drug-likeness (QED) is 0.840. The zero-order valence-corrected chi connectivity index (χ0v) is 11.0. The number of hydrogen-bond donors (Lipinski definition) is 2. The molecule has 3 N–H and O–H groups in total. The van der Waals surface area contributed by atoms with E-state index >= 15 is 0 Å². The van der Waals surface area contributed by atoms with Gasteiger partial charge in [0.2, 0.25) is 5.91 Å². The van der Waals surface area contributed by atoms with Gasteiger partial charge in [-0.15, -0.1) is 11.3 Å². The van der Waals surface area contributed by atoms with Crippen molar-refractivity contribution in [2.24, 2.45) is 5.73 Å². The van der Waals surface area contributed by atoms with E-state index in [-0.39, 0.29) is 11.9 Å². The third-order valence-corrected chi connectivity index (χ3v) is 3.84. The van der Waals surface area contributed by atoms with Crippen molar-refractivity contribution in [3.8, 4) is 6.07 Å². The average molecular weight is 264 g/mol. The van der Waals surface area contributed by atoms with E-state index in [2.05, 4.69) is 16.3 Å². The predicted molar refractivity (Wildman–Crippen MR) is 71.4 cm³/mol. The molecule has 18 heavy (non-hydrogen) atoms. The number of anilines is 1. The third-order valence-electron chi connectivity index (χ3n) is 3.03. The Hall–Kier alpha value is -1.58. The van der Waals surface area contributed by atoms with E-state index in [0.717, 1.165) is 30.1 Å². The Kier molecular flexibility index (Phi) is 3.84. The van der Waals surface area contributed by atoms with Gasteiger partial charge in [-0.2, -0.15) is 5.26 Å². The van der Waals surface area contributed by atoms with Gasteiger partial charge in [0, 0.05) is 19.1 Å². The van der Waals surface area contributed by atoms with Crippen LogP contribution in [-0.2, 0) is 4.79 Å². The van der Waals surface area contributed by atoms with Gasteiger partial charge in [-0.3, -0.25) is 4.79 Å². The largest absolute Gasteiger partial charge is 0.368 e. The molecule has 0 radical (unpaired) electrons. The Bertz CT molecular complexity index is 477. The lowest BCUT2D eigenvalue weighted by molar-refractivity contribution is -0.122. The summed E-state index contributed by atoms with van der Waals surface area (Å²) in [5.41, 5.74) is 6.49. The number of thiophene rings is 1. The number of nitrogens with two attached hydrogens (primary N) is 1. The van der Waals surface area contributed by atoms with Gasteiger partial charge in [0.05, 0.1) is 11.7 Å². The highest BCUT2D eigenvalue weighted by molar-refractivity contribution is 7.11. The lowest BCUT2D eigenvalue weighted by atomic mass is 10.2. The molecular weight excluding hydrogens is 248 g/mol. The van der Waals surface area contributed by atoms with Crippen molar-refractivity contribution >= 4 is 22.9 Å². The van der Waals surface area contributed by atoms with E-state index < -0.39 is 6.04 Å². The predicted octanol–water partition coefficient (Wildman–Crippen LogP) is 0.662. The molecule has 2 atom stereocenters. The number of nitrogens with one attached hydrogen (secondary N) is 1. The first-order valence-electron chi connectivity index (χ1n) is 5.90. The van der Waals surface area contributed by atoms with E-state index in [9.17, 15) is 4.79 Å². The molecule has 1 aliphatic rings. The van der Waals surface area contributed by atoms with Crippen molar-refractivity contribution in [2.45, 2.75) is 25.4 Å². The van der Waals surface area contributed by atoms with Crippen LogP contribution in [0.5, 0.6) is 0 Å². The van der Waals surface area contributed by atoms with Crippen LogP contribution in [-0.4, -0.2) is 31.1 Å². The molecule has 96 valence electrons. The second kappa shape index (κ2) is 5.38. The van der Waals surface area contributed by atoms with E-state index in [1.807, 2.05) is 11.4 Å². The standard InChI is InChI=1S/C12H16N4OS/c1-8(14)12(17)15-9-2-4-16(7-9)10-3-5-18-11(10)6-13/h3,5,8-9H,2,4,7,14H2,1H3,(H,15,17). The van der Waals surface area contributed by atoms with Gasteiger partial charge >= 0.3 is 0 Å². The van der Waals surface area contributed by atoms with Gasteiger partial charge in [0.25, 0.3) is 0 Å². The molecule has 0 aliphatic carbocycles. The summed E-state index contributed by atoms with van der Waals surface area (Å²) >= 11 is 1.45. The van der Waals surface area contributed by atoms with Crippen LogP contribution in [0.15, 0.2) is 11.4 Å². The maximum absolute atomic E-state index is 11.5. The topological polar surface area (TPSA) is 82.2 Å². The van der Waals surface area contributed by atoms with Gasteiger partial charge in [-0.1, -0.05) is 0 Å². The minimum absolute atomic E-state index is 0.118. The maximum atomic E-state index is 11.5. The van der Waals surface area contributed by atoms with E-state index in [1.165, 1.54) is 11.3 Å². The van der Waals surface area contributed by atoms with Crippen molar-refractivity contribution in [3.05, 3.63) is 16.3 Å². The highest BCUT2D eigenvalue weighted by Gasteiger charge is 2.26. The Morgan fingerprint density at radius 2 is 2.56 bits per heavy atom. The van der Waals surface area contributed by atoms with E-state index in [1.54, 1.807) is 6.92 Å². The monoisotopic (exact) mass is 264 g/mol. The number of carbonyl (C=O) groups is 1. The fraction of sp³-hybridized carbons (Fsp3) is 0.500. The van der Waals surface area contributed by atoms with Crippen LogP contribution < -0.4 is 16.0 Å². The normalized spacial score (nSPS) is 20.5. The fourth-order valence-electron chi connectivity index (χ4n) is 2.06. The maximum Gasteiger partial charge on any atom is 0.236 e. The second-order valence-electron chi connectivity index (χ2n) is 4.48. The zero-order valence-electron chi connectivity index (χ0n) is 10.2. The van der Waals surface area contributed by atoms with Crippen molar-refractivity contribution < 1.29 is 4.79 Å². The Labute approximate surface area is 110 Å². The summed E-state index contributed by atoms with van der Waals surface area (Å²) < 4.78 is 0. The minimum Gasteiger partial charge on any atom is -0.368 e. The first-order valence-corrected chi connectivity index (χ1v) is 6.78. The molecule has 1 aromatic heterocycles. The molecule has 1 saturated heterocycles. The molecule has 1 amide bonds. The molecule has 5 nitrogen and oxygen atoms in total. The number of hydrogen-bond acceptors (Lipinski definition) is 5. The highest BCUT2D eigenvalue weighted by Crippen LogP contribution is 2.28. The second-order valence-corrected chi connectivity index (χ2v) is 5.39. The molecular formula is C12H16N4OS. The number of rotatable bonds is 3. The van der Waals surface area contributed by atoms with Crippen molar-refractivity contribution in [2.75, 3.05) is 18.0 Å². The molecule has 6 heteroatoms.